The van der Waals surface area contributed by atoms with Crippen LogP contribution in [0.5, 0.6) is 0 Å². The summed E-state index contributed by atoms with van der Waals surface area (Å²) in [5, 5.41) is 25.8. The number of aromatic nitrogens is 4. The van der Waals surface area contributed by atoms with E-state index in [0.717, 1.165) is 5.56 Å². The standard InChI is InChI=1S/C22H25F3N6O4/c1-11(2)17-29-18(26-8-12-6-4-3-5-7-12)13-19(30-17)31(10-28-13)21-15(33)14(32)16(35-21)20(34)27-9-22(23,24)25/h3-7,10-11,14-16,21,32-33H,8-9H2,1-2H3,(H,27,34)(H,26,29,30)/t14-,15+,16-,21+/m0/s1. The lowest BCUT2D eigenvalue weighted by Gasteiger charge is -2.17. The van der Waals surface area contributed by atoms with E-state index in [1.54, 1.807) is 5.32 Å². The molecule has 3 aromatic rings. The fraction of sp³-hybridized carbons (Fsp3) is 0.455. The number of ether oxygens (including phenoxy) is 1. The number of nitrogens with one attached hydrogen (secondary N) is 2. The van der Waals surface area contributed by atoms with Crippen molar-refractivity contribution in [3.05, 3.63) is 48.0 Å². The van der Waals surface area contributed by atoms with Crippen LogP contribution in [0.1, 0.15) is 37.4 Å². The first-order chi connectivity index (χ1) is 16.5. The Morgan fingerprint density at radius 2 is 1.89 bits per heavy atom. The van der Waals surface area contributed by atoms with E-state index in [9.17, 15) is 28.2 Å². The summed E-state index contributed by atoms with van der Waals surface area (Å²) in [5.74, 6) is -0.347. The molecule has 1 saturated heterocycles. The fourth-order valence-electron chi connectivity index (χ4n) is 3.68. The second-order valence-electron chi connectivity index (χ2n) is 8.51. The third-order valence-electron chi connectivity index (χ3n) is 5.49. The van der Waals surface area contributed by atoms with Gasteiger partial charge in [0.05, 0.1) is 6.33 Å². The molecule has 1 aliphatic heterocycles. The van der Waals surface area contributed by atoms with Gasteiger partial charge in [0, 0.05) is 12.5 Å². The monoisotopic (exact) mass is 494 g/mol. The Morgan fingerprint density at radius 1 is 1.17 bits per heavy atom. The van der Waals surface area contributed by atoms with Crippen molar-refractivity contribution in [3.63, 3.8) is 0 Å². The molecule has 2 aromatic heterocycles. The molecule has 1 aliphatic rings. The zero-order valence-corrected chi connectivity index (χ0v) is 18.9. The summed E-state index contributed by atoms with van der Waals surface area (Å²) in [6.07, 6.45) is -9.72. The molecule has 0 spiro atoms. The molecule has 0 unspecified atom stereocenters. The maximum Gasteiger partial charge on any atom is 0.405 e. The van der Waals surface area contributed by atoms with Crippen LogP contribution in [-0.4, -0.2) is 66.7 Å². The summed E-state index contributed by atoms with van der Waals surface area (Å²) >= 11 is 0. The number of fused-ring (bicyclic) bond motifs is 1. The highest BCUT2D eigenvalue weighted by atomic mass is 19.4. The van der Waals surface area contributed by atoms with Crippen LogP contribution < -0.4 is 10.6 Å². The van der Waals surface area contributed by atoms with Gasteiger partial charge in [0.1, 0.15) is 24.6 Å². The average Bonchev–Trinajstić information content (AvgIpc) is 3.37. The van der Waals surface area contributed by atoms with Gasteiger partial charge in [-0.1, -0.05) is 44.2 Å². The van der Waals surface area contributed by atoms with Gasteiger partial charge in [-0.25, -0.2) is 15.0 Å². The van der Waals surface area contributed by atoms with E-state index in [4.69, 9.17) is 4.74 Å². The minimum Gasteiger partial charge on any atom is -0.387 e. The topological polar surface area (TPSA) is 134 Å². The molecule has 4 rings (SSSR count). The van der Waals surface area contributed by atoms with Crippen LogP contribution in [0.4, 0.5) is 19.0 Å². The van der Waals surface area contributed by atoms with Crippen molar-refractivity contribution in [2.24, 2.45) is 0 Å². The number of carbonyl (C=O) groups excluding carboxylic acids is 1. The Kier molecular flexibility index (Phi) is 6.92. The van der Waals surface area contributed by atoms with Gasteiger partial charge >= 0.3 is 6.18 Å². The molecule has 10 nitrogen and oxygen atoms in total. The number of amides is 1. The highest BCUT2D eigenvalue weighted by molar-refractivity contribution is 5.84. The highest BCUT2D eigenvalue weighted by Crippen LogP contribution is 2.33. The van der Waals surface area contributed by atoms with Crippen molar-refractivity contribution in [3.8, 4) is 0 Å². The van der Waals surface area contributed by atoms with Gasteiger partial charge in [-0.2, -0.15) is 13.2 Å². The number of aliphatic hydroxyl groups excluding tert-OH is 2. The molecule has 1 fully saturated rings. The number of halogens is 3. The first-order valence-corrected chi connectivity index (χ1v) is 10.9. The quantitative estimate of drug-likeness (QED) is 0.391. The maximum atomic E-state index is 12.5. The van der Waals surface area contributed by atoms with Crippen LogP contribution in [0.3, 0.4) is 0 Å². The number of aliphatic hydroxyl groups is 2. The molecule has 0 radical (unpaired) electrons. The predicted molar refractivity (Wildman–Crippen MR) is 118 cm³/mol. The zero-order valence-electron chi connectivity index (χ0n) is 18.9. The molecule has 0 bridgehead atoms. The van der Waals surface area contributed by atoms with Crippen LogP contribution in [0.2, 0.25) is 0 Å². The summed E-state index contributed by atoms with van der Waals surface area (Å²) in [6, 6.07) is 9.62. The van der Waals surface area contributed by atoms with Gasteiger partial charge in [0.25, 0.3) is 5.91 Å². The minimum absolute atomic E-state index is 0.0686. The minimum atomic E-state index is -4.63. The number of anilines is 1. The van der Waals surface area contributed by atoms with E-state index in [1.165, 1.54) is 10.9 Å². The van der Waals surface area contributed by atoms with E-state index in [0.29, 0.717) is 23.7 Å². The van der Waals surface area contributed by atoms with E-state index in [1.807, 2.05) is 44.2 Å². The third-order valence-corrected chi connectivity index (χ3v) is 5.49. The molecular weight excluding hydrogens is 469 g/mol. The van der Waals surface area contributed by atoms with Gasteiger partial charge < -0.3 is 25.6 Å². The van der Waals surface area contributed by atoms with Gasteiger partial charge in [-0.3, -0.25) is 9.36 Å². The molecule has 1 aromatic carbocycles. The Bertz CT molecular complexity index is 1190. The number of hydrogen-bond acceptors (Lipinski definition) is 8. The Morgan fingerprint density at radius 3 is 2.54 bits per heavy atom. The lowest BCUT2D eigenvalue weighted by molar-refractivity contribution is -0.149. The van der Waals surface area contributed by atoms with E-state index in [-0.39, 0.29) is 11.6 Å². The number of nitrogens with zero attached hydrogens (tertiary/aromatic N) is 4. The van der Waals surface area contributed by atoms with Gasteiger partial charge in [-0.05, 0) is 5.56 Å². The summed E-state index contributed by atoms with van der Waals surface area (Å²) in [7, 11) is 0. The third kappa shape index (κ3) is 5.36. The van der Waals surface area contributed by atoms with Crippen LogP contribution in [0.25, 0.3) is 11.2 Å². The Balaban J connectivity index is 1.62. The first-order valence-electron chi connectivity index (χ1n) is 10.9. The number of rotatable bonds is 7. The molecular formula is C22H25F3N6O4. The van der Waals surface area contributed by atoms with Crippen LogP contribution in [-0.2, 0) is 16.1 Å². The first kappa shape index (κ1) is 24.8. The number of hydrogen-bond donors (Lipinski definition) is 4. The number of imidazole rings is 1. The predicted octanol–water partition coefficient (Wildman–Crippen LogP) is 1.86. The second kappa shape index (κ2) is 9.76. The van der Waals surface area contributed by atoms with E-state index < -0.39 is 43.2 Å². The zero-order chi connectivity index (χ0) is 25.3. The number of alkyl halides is 3. The van der Waals surface area contributed by atoms with Crippen molar-refractivity contribution in [1.82, 2.24) is 24.8 Å². The van der Waals surface area contributed by atoms with Gasteiger partial charge in [0.15, 0.2) is 29.3 Å². The fourth-order valence-corrected chi connectivity index (χ4v) is 3.68. The second-order valence-corrected chi connectivity index (χ2v) is 8.51. The lowest BCUT2D eigenvalue weighted by atomic mass is 10.1. The largest absolute Gasteiger partial charge is 0.405 e. The normalized spacial score (nSPS) is 22.6. The van der Waals surface area contributed by atoms with Crippen molar-refractivity contribution in [2.75, 3.05) is 11.9 Å². The SMILES string of the molecule is CC(C)c1nc(NCc2ccccc2)c2ncn([C@@H]3O[C@H](C(=O)NCC(F)(F)F)[C@@H](O)[C@H]3O)c2n1. The molecule has 35 heavy (non-hydrogen) atoms. The summed E-state index contributed by atoms with van der Waals surface area (Å²) in [4.78, 5) is 25.6. The highest BCUT2D eigenvalue weighted by Gasteiger charge is 2.48. The van der Waals surface area contributed by atoms with Crippen molar-refractivity contribution in [2.45, 2.75) is 57.0 Å². The average molecular weight is 494 g/mol. The molecule has 13 heteroatoms. The smallest absolute Gasteiger partial charge is 0.387 e. The van der Waals surface area contributed by atoms with E-state index >= 15 is 0 Å². The van der Waals surface area contributed by atoms with Gasteiger partial charge in [-0.15, -0.1) is 0 Å². The molecule has 0 aliphatic carbocycles. The van der Waals surface area contributed by atoms with Crippen molar-refractivity contribution in [1.29, 1.82) is 0 Å². The molecule has 0 saturated carbocycles. The number of benzene rings is 1. The molecule has 4 N–H and O–H groups in total. The van der Waals surface area contributed by atoms with Gasteiger partial charge in [0.2, 0.25) is 0 Å². The van der Waals surface area contributed by atoms with E-state index in [2.05, 4.69) is 20.3 Å². The maximum absolute atomic E-state index is 12.5. The summed E-state index contributed by atoms with van der Waals surface area (Å²) < 4.78 is 44.2. The summed E-state index contributed by atoms with van der Waals surface area (Å²) in [5.41, 5.74) is 1.64. The Labute approximate surface area is 198 Å². The van der Waals surface area contributed by atoms with Crippen LogP contribution in [0, 0.1) is 0 Å². The Hall–Kier alpha value is -3.29. The number of carbonyl (C=O) groups is 1. The van der Waals surface area contributed by atoms with Crippen molar-refractivity contribution < 1.29 is 32.9 Å². The molecule has 1 amide bonds. The van der Waals surface area contributed by atoms with Crippen molar-refractivity contribution >= 4 is 22.9 Å². The molecule has 188 valence electrons. The summed E-state index contributed by atoms with van der Waals surface area (Å²) in [6.45, 7) is 2.66. The lowest BCUT2D eigenvalue weighted by Crippen LogP contribution is -2.45. The molecule has 3 heterocycles. The molecule has 4 atom stereocenters. The van der Waals surface area contributed by atoms with Crippen LogP contribution in [0.15, 0.2) is 36.7 Å². The van der Waals surface area contributed by atoms with Crippen LogP contribution >= 0.6 is 0 Å².